The van der Waals surface area contributed by atoms with Crippen LogP contribution in [0, 0.1) is 0 Å². The van der Waals surface area contributed by atoms with Crippen LogP contribution in [0.15, 0.2) is 67.3 Å². The molecule has 1 aliphatic rings. The number of pyridine rings is 1. The smallest absolute Gasteiger partial charge is 0.273 e. The van der Waals surface area contributed by atoms with E-state index in [1.165, 1.54) is 6.20 Å². The van der Waals surface area contributed by atoms with Gasteiger partial charge >= 0.3 is 0 Å². The maximum Gasteiger partial charge on any atom is 0.273 e. The number of rotatable bonds is 7. The highest BCUT2D eigenvalue weighted by molar-refractivity contribution is 6.28. The Balaban J connectivity index is 1.30. The highest BCUT2D eigenvalue weighted by atomic mass is 35.5. The van der Waals surface area contributed by atoms with E-state index in [1.807, 2.05) is 28.7 Å². The molecular formula is C30H28ClN9O2. The van der Waals surface area contributed by atoms with Crippen molar-refractivity contribution in [2.45, 2.75) is 38.6 Å². The molecule has 0 bridgehead atoms. The lowest BCUT2D eigenvalue weighted by Gasteiger charge is -2.23. The number of hydrogen-bond acceptors (Lipinski definition) is 8. The number of nitrogens with two attached hydrogens (primary N) is 1. The number of nitrogens with one attached hydrogen (secondary N) is 1. The number of aromatic nitrogens is 6. The molecule has 4 aromatic heterocycles. The van der Waals surface area contributed by atoms with Gasteiger partial charge in [-0.15, -0.1) is 0 Å². The second-order valence-corrected chi connectivity index (χ2v) is 10.4. The van der Waals surface area contributed by atoms with E-state index in [0.29, 0.717) is 40.8 Å². The van der Waals surface area contributed by atoms with Gasteiger partial charge in [-0.05, 0) is 66.8 Å². The first-order valence-electron chi connectivity index (χ1n) is 13.7. The number of aryl methyl sites for hydroxylation is 1. The van der Waals surface area contributed by atoms with E-state index in [9.17, 15) is 9.59 Å². The van der Waals surface area contributed by atoms with Gasteiger partial charge in [0.1, 0.15) is 34.4 Å². The lowest BCUT2D eigenvalue weighted by atomic mass is 10.1. The Kier molecular flexibility index (Phi) is 7.49. The Morgan fingerprint density at radius 2 is 1.86 bits per heavy atom. The highest BCUT2D eigenvalue weighted by Crippen LogP contribution is 2.37. The molecule has 2 amide bonds. The lowest BCUT2D eigenvalue weighted by molar-refractivity contribution is 0.0723. The first-order valence-corrected chi connectivity index (χ1v) is 14.1. The van der Waals surface area contributed by atoms with Crippen molar-refractivity contribution in [2.24, 2.45) is 0 Å². The van der Waals surface area contributed by atoms with Crippen LogP contribution in [0.3, 0.4) is 0 Å². The molecular weight excluding hydrogens is 554 g/mol. The zero-order valence-corrected chi connectivity index (χ0v) is 23.6. The van der Waals surface area contributed by atoms with Crippen molar-refractivity contribution in [3.8, 4) is 11.3 Å². The number of hydrogen-bond donors (Lipinski definition) is 2. The van der Waals surface area contributed by atoms with Crippen molar-refractivity contribution in [3.63, 3.8) is 0 Å². The Labute approximate surface area is 246 Å². The molecule has 12 heteroatoms. The summed E-state index contributed by atoms with van der Waals surface area (Å²) in [5.74, 6) is 0.986. The third-order valence-corrected chi connectivity index (χ3v) is 7.47. The molecule has 1 fully saturated rings. The quantitative estimate of drug-likeness (QED) is 0.255. The average molecular weight is 582 g/mol. The van der Waals surface area contributed by atoms with Crippen LogP contribution >= 0.6 is 11.6 Å². The molecule has 1 aliphatic heterocycles. The summed E-state index contributed by atoms with van der Waals surface area (Å²) in [6.07, 6.45) is 10.0. The number of halogens is 1. The minimum Gasteiger partial charge on any atom is -0.382 e. The van der Waals surface area contributed by atoms with E-state index in [-0.39, 0.29) is 28.8 Å². The SMILES string of the molecule is CCCc1ccnc(NC(=O)c2ccc(-c3nc(C4CCCN4C(=O)c4ccnc(Cl)n4)n4ccnc(N)c34)cc2)c1. The third kappa shape index (κ3) is 5.26. The minimum absolute atomic E-state index is 0.0161. The standard InChI is InChI=1S/C30H28ClN9O2/c1-2-4-18-10-12-33-23(17-18)37-28(41)20-8-6-19(7-9-20)24-25-26(32)34-14-16-40(25)27(38-24)22-5-3-15-39(22)29(42)21-11-13-35-30(31)36-21/h6-14,16-17,22H,2-5,15H2,1H3,(H2,32,34)(H,33,37,41). The molecule has 5 heterocycles. The van der Waals surface area contributed by atoms with Crippen LogP contribution in [0.1, 0.15) is 64.5 Å². The maximum absolute atomic E-state index is 13.4. The van der Waals surface area contributed by atoms with Crippen LogP contribution in [0.5, 0.6) is 0 Å². The van der Waals surface area contributed by atoms with Gasteiger partial charge < -0.3 is 16.0 Å². The second kappa shape index (κ2) is 11.5. The van der Waals surface area contributed by atoms with Gasteiger partial charge in [0.05, 0.1) is 6.04 Å². The van der Waals surface area contributed by atoms with E-state index in [1.54, 1.807) is 41.7 Å². The molecule has 1 atom stereocenters. The molecule has 0 saturated carbocycles. The Hall–Kier alpha value is -4.90. The molecule has 1 aromatic carbocycles. The molecule has 0 radical (unpaired) electrons. The minimum atomic E-state index is -0.310. The summed E-state index contributed by atoms with van der Waals surface area (Å²) >= 11 is 5.95. The molecule has 1 saturated heterocycles. The van der Waals surface area contributed by atoms with Crippen LogP contribution in [0.4, 0.5) is 11.6 Å². The Morgan fingerprint density at radius 1 is 1.05 bits per heavy atom. The monoisotopic (exact) mass is 581 g/mol. The van der Waals surface area contributed by atoms with Crippen LogP contribution in [0.2, 0.25) is 5.28 Å². The normalized spacial score (nSPS) is 14.8. The summed E-state index contributed by atoms with van der Waals surface area (Å²) in [6, 6.07) is 12.2. The largest absolute Gasteiger partial charge is 0.382 e. The molecule has 11 nitrogen and oxygen atoms in total. The molecule has 0 aliphatic carbocycles. The molecule has 6 rings (SSSR count). The molecule has 1 unspecified atom stereocenters. The molecule has 42 heavy (non-hydrogen) atoms. The fourth-order valence-electron chi connectivity index (χ4n) is 5.36. The van der Waals surface area contributed by atoms with E-state index in [2.05, 4.69) is 32.2 Å². The van der Waals surface area contributed by atoms with Gasteiger partial charge in [0, 0.05) is 42.5 Å². The van der Waals surface area contributed by atoms with Crippen molar-refractivity contribution in [1.82, 2.24) is 34.2 Å². The first kappa shape index (κ1) is 27.3. The predicted octanol–water partition coefficient (Wildman–Crippen LogP) is 5.00. The fraction of sp³-hybridized carbons (Fsp3) is 0.233. The van der Waals surface area contributed by atoms with E-state index in [0.717, 1.165) is 36.8 Å². The van der Waals surface area contributed by atoms with Crippen LogP contribution in [-0.2, 0) is 6.42 Å². The second-order valence-electron chi connectivity index (χ2n) is 10.0. The summed E-state index contributed by atoms with van der Waals surface area (Å²) in [5, 5.41) is 2.89. The molecule has 0 spiro atoms. The lowest BCUT2D eigenvalue weighted by Crippen LogP contribution is -2.32. The van der Waals surface area contributed by atoms with E-state index in [4.69, 9.17) is 22.3 Å². The number of benzene rings is 1. The number of carbonyl (C=O) groups is 2. The van der Waals surface area contributed by atoms with Gasteiger partial charge in [0.25, 0.3) is 11.8 Å². The summed E-state index contributed by atoms with van der Waals surface area (Å²) in [6.45, 7) is 2.66. The number of nitrogen functional groups attached to an aromatic ring is 1. The van der Waals surface area contributed by atoms with Crippen LogP contribution < -0.4 is 11.1 Å². The number of nitrogens with zero attached hydrogens (tertiary/aromatic N) is 7. The van der Waals surface area contributed by atoms with Gasteiger partial charge in [-0.25, -0.2) is 24.9 Å². The molecule has 212 valence electrons. The van der Waals surface area contributed by atoms with Gasteiger partial charge in [0.15, 0.2) is 0 Å². The van der Waals surface area contributed by atoms with Gasteiger partial charge in [-0.2, -0.15) is 0 Å². The number of fused-ring (bicyclic) bond motifs is 1. The Bertz CT molecular complexity index is 1790. The number of anilines is 2. The zero-order valence-electron chi connectivity index (χ0n) is 22.9. The summed E-state index contributed by atoms with van der Waals surface area (Å²) in [4.78, 5) is 49.7. The number of likely N-dealkylation sites (tertiary alicyclic amines) is 1. The van der Waals surface area contributed by atoms with Gasteiger partial charge in [0.2, 0.25) is 5.28 Å². The van der Waals surface area contributed by atoms with Crippen molar-refractivity contribution in [1.29, 1.82) is 0 Å². The van der Waals surface area contributed by atoms with Crippen molar-refractivity contribution < 1.29 is 9.59 Å². The fourth-order valence-corrected chi connectivity index (χ4v) is 5.50. The van der Waals surface area contributed by atoms with Crippen molar-refractivity contribution in [3.05, 3.63) is 95.2 Å². The summed E-state index contributed by atoms with van der Waals surface area (Å²) < 4.78 is 1.89. The first-order chi connectivity index (χ1) is 20.4. The Morgan fingerprint density at radius 3 is 2.64 bits per heavy atom. The van der Waals surface area contributed by atoms with E-state index < -0.39 is 0 Å². The van der Waals surface area contributed by atoms with E-state index >= 15 is 0 Å². The van der Waals surface area contributed by atoms with Gasteiger partial charge in [-0.1, -0.05) is 25.5 Å². The maximum atomic E-state index is 13.4. The molecule has 3 N–H and O–H groups in total. The van der Waals surface area contributed by atoms with Crippen molar-refractivity contribution in [2.75, 3.05) is 17.6 Å². The number of imidazole rings is 1. The number of amides is 2. The predicted molar refractivity (Wildman–Crippen MR) is 159 cm³/mol. The zero-order chi connectivity index (χ0) is 29.2. The van der Waals surface area contributed by atoms with Crippen LogP contribution in [-0.4, -0.2) is 52.6 Å². The topological polar surface area (TPSA) is 144 Å². The van der Waals surface area contributed by atoms with Gasteiger partial charge in [-0.3, -0.25) is 14.0 Å². The molecule has 5 aromatic rings. The summed E-state index contributed by atoms with van der Waals surface area (Å²) in [5.41, 5.74) is 10.2. The number of carbonyl (C=O) groups excluding carboxylic acids is 2. The summed E-state index contributed by atoms with van der Waals surface area (Å²) in [7, 11) is 0. The van der Waals surface area contributed by atoms with Crippen LogP contribution in [0.25, 0.3) is 16.8 Å². The third-order valence-electron chi connectivity index (χ3n) is 7.29. The highest BCUT2D eigenvalue weighted by Gasteiger charge is 2.35. The average Bonchev–Trinajstić information content (AvgIpc) is 3.63. The van der Waals surface area contributed by atoms with Crippen molar-refractivity contribution >= 4 is 40.6 Å².